The van der Waals surface area contributed by atoms with Crippen LogP contribution >= 0.6 is 0 Å². The Bertz CT molecular complexity index is 889. The first kappa shape index (κ1) is 17.1. The van der Waals surface area contributed by atoms with Gasteiger partial charge in [-0.15, -0.1) is 0 Å². The zero-order valence-electron chi connectivity index (χ0n) is 14.9. The Morgan fingerprint density at radius 3 is 2.37 bits per heavy atom. The number of benzene rings is 2. The lowest BCUT2D eigenvalue weighted by Gasteiger charge is -2.10. The van der Waals surface area contributed by atoms with Gasteiger partial charge in [0.1, 0.15) is 18.2 Å². The maximum absolute atomic E-state index is 11.7. The topological polar surface area (TPSA) is 63.2 Å². The first-order valence-corrected chi connectivity index (χ1v) is 9.07. The second-order valence-electron chi connectivity index (χ2n) is 6.62. The van der Waals surface area contributed by atoms with Crippen LogP contribution in [0.25, 0.3) is 0 Å². The quantitative estimate of drug-likeness (QED) is 0.639. The van der Waals surface area contributed by atoms with Crippen LogP contribution in [0.3, 0.4) is 0 Å². The van der Waals surface area contributed by atoms with Crippen molar-refractivity contribution in [2.45, 2.75) is 19.4 Å². The minimum Gasteiger partial charge on any atom is -0.489 e. The molecule has 5 nitrogen and oxygen atoms in total. The molecular formula is C22H21N3O2. The van der Waals surface area contributed by atoms with Crippen LogP contribution in [-0.4, -0.2) is 10.9 Å². The number of carbonyl (C=O) groups excluding carboxylic acids is 1. The van der Waals surface area contributed by atoms with E-state index in [0.717, 1.165) is 35.5 Å². The Kier molecular flexibility index (Phi) is 5.01. The highest BCUT2D eigenvalue weighted by Gasteiger charge is 2.29. The highest BCUT2D eigenvalue weighted by atomic mass is 16.5. The van der Waals surface area contributed by atoms with E-state index in [1.54, 1.807) is 12.3 Å². The predicted octanol–water partition coefficient (Wildman–Crippen LogP) is 4.75. The molecule has 1 aromatic heterocycles. The molecule has 1 aliphatic carbocycles. The Morgan fingerprint density at radius 1 is 0.963 bits per heavy atom. The van der Waals surface area contributed by atoms with Crippen LogP contribution in [0.15, 0.2) is 72.9 Å². The van der Waals surface area contributed by atoms with Crippen molar-refractivity contribution in [2.75, 3.05) is 10.6 Å². The number of amides is 1. The molecule has 0 atom stereocenters. The van der Waals surface area contributed by atoms with E-state index in [-0.39, 0.29) is 11.8 Å². The maximum atomic E-state index is 11.7. The molecule has 1 saturated carbocycles. The van der Waals surface area contributed by atoms with Gasteiger partial charge in [0, 0.05) is 11.6 Å². The van der Waals surface area contributed by atoms with Gasteiger partial charge < -0.3 is 15.4 Å². The number of nitrogens with one attached hydrogen (secondary N) is 2. The SMILES string of the molecule is O=C(Nc1ccc(Nc2ccc(OCc3ccccc3)cc2)cn1)C1CC1. The number of hydrogen-bond donors (Lipinski definition) is 2. The molecule has 0 bridgehead atoms. The van der Waals surface area contributed by atoms with Crippen LogP contribution < -0.4 is 15.4 Å². The number of carbonyl (C=O) groups is 1. The van der Waals surface area contributed by atoms with Crippen molar-refractivity contribution in [1.29, 1.82) is 0 Å². The third-order valence-corrected chi connectivity index (χ3v) is 4.35. The molecule has 2 aromatic carbocycles. The molecule has 0 spiro atoms. The summed E-state index contributed by atoms with van der Waals surface area (Å²) in [6, 6.07) is 21.6. The summed E-state index contributed by atoms with van der Waals surface area (Å²) >= 11 is 0. The summed E-state index contributed by atoms with van der Waals surface area (Å²) < 4.78 is 5.79. The summed E-state index contributed by atoms with van der Waals surface area (Å²) in [4.78, 5) is 16.0. The van der Waals surface area contributed by atoms with Gasteiger partial charge >= 0.3 is 0 Å². The molecule has 0 saturated heterocycles. The molecule has 5 heteroatoms. The second kappa shape index (κ2) is 7.91. The number of anilines is 3. The zero-order chi connectivity index (χ0) is 18.5. The van der Waals surface area contributed by atoms with E-state index in [4.69, 9.17) is 4.74 Å². The minimum absolute atomic E-state index is 0.0642. The van der Waals surface area contributed by atoms with E-state index in [9.17, 15) is 4.79 Å². The molecule has 2 N–H and O–H groups in total. The van der Waals surface area contributed by atoms with Crippen molar-refractivity contribution in [2.24, 2.45) is 5.92 Å². The van der Waals surface area contributed by atoms with E-state index in [2.05, 4.69) is 15.6 Å². The van der Waals surface area contributed by atoms with Gasteiger partial charge in [-0.05, 0) is 54.8 Å². The van der Waals surface area contributed by atoms with Crippen LogP contribution in [0.5, 0.6) is 5.75 Å². The van der Waals surface area contributed by atoms with Crippen LogP contribution in [-0.2, 0) is 11.4 Å². The van der Waals surface area contributed by atoms with Crippen molar-refractivity contribution in [1.82, 2.24) is 4.98 Å². The van der Waals surface area contributed by atoms with Crippen LogP contribution in [0.4, 0.5) is 17.2 Å². The van der Waals surface area contributed by atoms with Gasteiger partial charge in [-0.3, -0.25) is 4.79 Å². The largest absolute Gasteiger partial charge is 0.489 e. The molecule has 0 radical (unpaired) electrons. The number of pyridine rings is 1. The van der Waals surface area contributed by atoms with E-state index in [1.807, 2.05) is 60.7 Å². The average Bonchev–Trinajstić information content (AvgIpc) is 3.55. The van der Waals surface area contributed by atoms with Crippen molar-refractivity contribution in [3.05, 3.63) is 78.5 Å². The molecule has 1 heterocycles. The minimum atomic E-state index is 0.0642. The second-order valence-corrected chi connectivity index (χ2v) is 6.62. The normalized spacial score (nSPS) is 13.0. The zero-order valence-corrected chi connectivity index (χ0v) is 14.9. The molecule has 0 aliphatic heterocycles. The Labute approximate surface area is 158 Å². The fourth-order valence-electron chi connectivity index (χ4n) is 2.66. The Balaban J connectivity index is 1.30. The first-order chi connectivity index (χ1) is 13.3. The summed E-state index contributed by atoms with van der Waals surface area (Å²) in [7, 11) is 0. The molecule has 27 heavy (non-hydrogen) atoms. The number of ether oxygens (including phenoxy) is 1. The third kappa shape index (κ3) is 4.85. The smallest absolute Gasteiger partial charge is 0.228 e. The fourth-order valence-corrected chi connectivity index (χ4v) is 2.66. The standard InChI is InChI=1S/C22H21N3O2/c26-22(17-6-7-17)25-21-13-10-19(14-23-21)24-18-8-11-20(12-9-18)27-15-16-4-2-1-3-5-16/h1-5,8-14,17,24H,6-7,15H2,(H,23,25,26). The molecular weight excluding hydrogens is 338 g/mol. The van der Waals surface area contributed by atoms with Crippen LogP contribution in [0.2, 0.25) is 0 Å². The summed E-state index contributed by atoms with van der Waals surface area (Å²) in [6.45, 7) is 0.547. The summed E-state index contributed by atoms with van der Waals surface area (Å²) in [5.74, 6) is 1.64. The molecule has 0 unspecified atom stereocenters. The Morgan fingerprint density at radius 2 is 1.70 bits per heavy atom. The van der Waals surface area contributed by atoms with Gasteiger partial charge in [0.25, 0.3) is 0 Å². The van der Waals surface area contributed by atoms with Crippen molar-refractivity contribution in [3.63, 3.8) is 0 Å². The van der Waals surface area contributed by atoms with E-state index in [0.29, 0.717) is 12.4 Å². The highest BCUT2D eigenvalue weighted by molar-refractivity contribution is 5.93. The number of hydrogen-bond acceptors (Lipinski definition) is 4. The summed E-state index contributed by atoms with van der Waals surface area (Å²) in [5, 5.41) is 6.13. The van der Waals surface area contributed by atoms with E-state index < -0.39 is 0 Å². The van der Waals surface area contributed by atoms with Crippen LogP contribution in [0, 0.1) is 5.92 Å². The van der Waals surface area contributed by atoms with Gasteiger partial charge in [-0.1, -0.05) is 30.3 Å². The lowest BCUT2D eigenvalue weighted by molar-refractivity contribution is -0.117. The molecule has 136 valence electrons. The van der Waals surface area contributed by atoms with Gasteiger partial charge in [-0.25, -0.2) is 4.98 Å². The maximum Gasteiger partial charge on any atom is 0.228 e. The van der Waals surface area contributed by atoms with Gasteiger partial charge in [0.05, 0.1) is 11.9 Å². The predicted molar refractivity (Wildman–Crippen MR) is 106 cm³/mol. The lowest BCUT2D eigenvalue weighted by atomic mass is 10.2. The molecule has 1 aliphatic rings. The summed E-state index contributed by atoms with van der Waals surface area (Å²) in [5.41, 5.74) is 2.94. The number of aromatic nitrogens is 1. The van der Waals surface area contributed by atoms with E-state index >= 15 is 0 Å². The molecule has 4 rings (SSSR count). The van der Waals surface area contributed by atoms with Crippen LogP contribution in [0.1, 0.15) is 18.4 Å². The van der Waals surface area contributed by atoms with Crippen molar-refractivity contribution < 1.29 is 9.53 Å². The van der Waals surface area contributed by atoms with Gasteiger partial charge in [0.15, 0.2) is 0 Å². The van der Waals surface area contributed by atoms with Gasteiger partial charge in [0.2, 0.25) is 5.91 Å². The number of rotatable bonds is 7. The van der Waals surface area contributed by atoms with Crippen molar-refractivity contribution >= 4 is 23.1 Å². The van der Waals surface area contributed by atoms with Crippen molar-refractivity contribution in [3.8, 4) is 5.75 Å². The van der Waals surface area contributed by atoms with E-state index in [1.165, 1.54) is 0 Å². The molecule has 3 aromatic rings. The monoisotopic (exact) mass is 359 g/mol. The van der Waals surface area contributed by atoms with Gasteiger partial charge in [-0.2, -0.15) is 0 Å². The fraction of sp³-hybridized carbons (Fsp3) is 0.182. The molecule has 1 fully saturated rings. The third-order valence-electron chi connectivity index (χ3n) is 4.35. The highest BCUT2D eigenvalue weighted by Crippen LogP contribution is 2.30. The summed E-state index contributed by atoms with van der Waals surface area (Å²) in [6.07, 6.45) is 3.68. The Hall–Kier alpha value is -3.34. The lowest BCUT2D eigenvalue weighted by Crippen LogP contribution is -2.14. The number of nitrogens with zero attached hydrogens (tertiary/aromatic N) is 1. The molecule has 1 amide bonds. The average molecular weight is 359 g/mol. The first-order valence-electron chi connectivity index (χ1n) is 9.07.